The van der Waals surface area contributed by atoms with Gasteiger partial charge < -0.3 is 5.01 Å². The van der Waals surface area contributed by atoms with E-state index in [0.29, 0.717) is 0 Å². The highest BCUT2D eigenvalue weighted by Gasteiger charge is 2.22. The van der Waals surface area contributed by atoms with E-state index in [1.54, 1.807) is 11.1 Å². The summed E-state index contributed by atoms with van der Waals surface area (Å²) in [4.78, 5) is 0. The smallest absolute Gasteiger partial charge is 0.123 e. The summed E-state index contributed by atoms with van der Waals surface area (Å²) in [6.07, 6.45) is 0. The Morgan fingerprint density at radius 3 is 2.78 bits per heavy atom. The van der Waals surface area contributed by atoms with E-state index in [9.17, 15) is 4.39 Å². The normalized spacial score (nSPS) is 17.9. The first kappa shape index (κ1) is 11.2. The molecular weight excluding hydrogens is 227 g/mol. The number of halogens is 1. The summed E-state index contributed by atoms with van der Waals surface area (Å²) in [6, 6.07) is 12.9. The second kappa shape index (κ2) is 4.10. The maximum absolute atomic E-state index is 13.5. The molecule has 0 bridgehead atoms. The molecule has 0 aromatic heterocycles. The fourth-order valence-corrected chi connectivity index (χ4v) is 2.64. The molecule has 0 saturated carbocycles. The number of hydrazine groups is 1. The number of nitrogens with zero attached hydrogens (tertiary/aromatic N) is 1. The molecule has 92 valence electrons. The highest BCUT2D eigenvalue weighted by Crippen LogP contribution is 2.39. The Kier molecular flexibility index (Phi) is 2.56. The lowest BCUT2D eigenvalue weighted by molar-refractivity contribution is 0.626. The van der Waals surface area contributed by atoms with E-state index < -0.39 is 0 Å². The van der Waals surface area contributed by atoms with Gasteiger partial charge in [0.15, 0.2) is 0 Å². The minimum Gasteiger partial charge on any atom is -0.310 e. The lowest BCUT2D eigenvalue weighted by Crippen LogP contribution is -2.33. The fraction of sp³-hybridized carbons (Fsp3) is 0.200. The van der Waals surface area contributed by atoms with Gasteiger partial charge in [-0.05, 0) is 29.3 Å². The second-order valence-corrected chi connectivity index (χ2v) is 4.80. The Balaban J connectivity index is 2.31. The summed E-state index contributed by atoms with van der Waals surface area (Å²) in [7, 11) is 0. The van der Waals surface area contributed by atoms with Crippen LogP contribution in [0.25, 0.3) is 11.1 Å². The number of rotatable bonds is 0. The van der Waals surface area contributed by atoms with Crippen LogP contribution in [0.2, 0.25) is 0 Å². The number of fused-ring (bicyclic) bond motifs is 3. The summed E-state index contributed by atoms with van der Waals surface area (Å²) in [5.74, 6) is 6.16. The van der Waals surface area contributed by atoms with E-state index in [2.05, 4.69) is 6.92 Å². The van der Waals surface area contributed by atoms with Crippen molar-refractivity contribution in [1.82, 2.24) is 0 Å². The van der Waals surface area contributed by atoms with Gasteiger partial charge in [-0.3, -0.25) is 0 Å². The van der Waals surface area contributed by atoms with E-state index in [0.717, 1.165) is 28.9 Å². The Bertz CT molecular complexity index is 595. The molecule has 3 heteroatoms. The van der Waals surface area contributed by atoms with Crippen molar-refractivity contribution in [2.45, 2.75) is 12.8 Å². The van der Waals surface area contributed by atoms with Crippen LogP contribution in [-0.2, 0) is 0 Å². The molecule has 1 heterocycles. The van der Waals surface area contributed by atoms with E-state index >= 15 is 0 Å². The van der Waals surface area contributed by atoms with Crippen LogP contribution in [0.4, 0.5) is 10.1 Å². The van der Waals surface area contributed by atoms with Crippen molar-refractivity contribution >= 4 is 5.69 Å². The maximum atomic E-state index is 13.5. The van der Waals surface area contributed by atoms with E-state index in [1.807, 2.05) is 30.3 Å². The van der Waals surface area contributed by atoms with Crippen molar-refractivity contribution in [3.05, 3.63) is 53.8 Å². The summed E-state index contributed by atoms with van der Waals surface area (Å²) in [5.41, 5.74) is 4.05. The van der Waals surface area contributed by atoms with Crippen molar-refractivity contribution in [1.29, 1.82) is 0 Å². The van der Waals surface area contributed by atoms with Gasteiger partial charge in [-0.15, -0.1) is 0 Å². The summed E-state index contributed by atoms with van der Waals surface area (Å²) in [6.45, 7) is 2.85. The van der Waals surface area contributed by atoms with Gasteiger partial charge in [0.05, 0.1) is 5.69 Å². The molecule has 0 aliphatic carbocycles. The molecule has 2 aromatic rings. The van der Waals surface area contributed by atoms with E-state index in [-0.39, 0.29) is 11.7 Å². The molecule has 0 spiro atoms. The van der Waals surface area contributed by atoms with Gasteiger partial charge in [-0.1, -0.05) is 31.2 Å². The van der Waals surface area contributed by atoms with Crippen molar-refractivity contribution in [2.24, 2.45) is 5.84 Å². The molecule has 1 aliphatic heterocycles. The highest BCUT2D eigenvalue weighted by atomic mass is 19.1. The second-order valence-electron chi connectivity index (χ2n) is 4.80. The standard InChI is InChI=1S/C15H15FN2/c1-10-9-18(17)15-5-3-2-4-13(15)14-8-11(16)6-7-12(10)14/h2-8,10H,9,17H2,1H3. The largest absolute Gasteiger partial charge is 0.310 e. The van der Waals surface area contributed by atoms with Crippen molar-refractivity contribution in [3.63, 3.8) is 0 Å². The molecule has 18 heavy (non-hydrogen) atoms. The van der Waals surface area contributed by atoms with Gasteiger partial charge >= 0.3 is 0 Å². The summed E-state index contributed by atoms with van der Waals surface area (Å²) >= 11 is 0. The third-order valence-electron chi connectivity index (χ3n) is 3.52. The predicted octanol–water partition coefficient (Wildman–Crippen LogP) is 3.29. The Morgan fingerprint density at radius 1 is 1.17 bits per heavy atom. The highest BCUT2D eigenvalue weighted by molar-refractivity contribution is 5.82. The minimum absolute atomic E-state index is 0.207. The van der Waals surface area contributed by atoms with Crippen LogP contribution in [0, 0.1) is 5.82 Å². The molecular formula is C15H15FN2. The third-order valence-corrected chi connectivity index (χ3v) is 3.52. The number of hydrogen-bond donors (Lipinski definition) is 1. The van der Waals surface area contributed by atoms with Crippen LogP contribution in [0.5, 0.6) is 0 Å². The number of para-hydroxylation sites is 1. The number of nitrogens with two attached hydrogens (primary N) is 1. The first-order valence-corrected chi connectivity index (χ1v) is 6.08. The van der Waals surface area contributed by atoms with Crippen LogP contribution in [-0.4, -0.2) is 6.54 Å². The van der Waals surface area contributed by atoms with E-state index in [1.165, 1.54) is 6.07 Å². The van der Waals surface area contributed by atoms with Crippen LogP contribution in [0.1, 0.15) is 18.4 Å². The van der Waals surface area contributed by atoms with Gasteiger partial charge in [0.2, 0.25) is 0 Å². The molecule has 1 atom stereocenters. The lowest BCUT2D eigenvalue weighted by atomic mass is 9.92. The Hall–Kier alpha value is -1.87. The third kappa shape index (κ3) is 1.68. The van der Waals surface area contributed by atoms with Gasteiger partial charge in [-0.25, -0.2) is 10.2 Å². The number of anilines is 1. The average molecular weight is 242 g/mol. The molecule has 1 unspecified atom stereocenters. The van der Waals surface area contributed by atoms with Gasteiger partial charge in [0, 0.05) is 18.0 Å². The molecule has 0 radical (unpaired) electrons. The average Bonchev–Trinajstić information content (AvgIpc) is 2.47. The zero-order valence-corrected chi connectivity index (χ0v) is 10.2. The molecule has 0 saturated heterocycles. The van der Waals surface area contributed by atoms with Gasteiger partial charge in [0.1, 0.15) is 5.82 Å². The first-order chi connectivity index (χ1) is 8.66. The minimum atomic E-state index is -0.207. The summed E-state index contributed by atoms with van der Waals surface area (Å²) in [5, 5.41) is 1.75. The molecule has 3 rings (SSSR count). The first-order valence-electron chi connectivity index (χ1n) is 6.08. The van der Waals surface area contributed by atoms with Gasteiger partial charge in [0.25, 0.3) is 0 Å². The molecule has 0 amide bonds. The van der Waals surface area contributed by atoms with Crippen LogP contribution in [0.3, 0.4) is 0 Å². The van der Waals surface area contributed by atoms with E-state index in [4.69, 9.17) is 5.84 Å². The molecule has 2 aromatic carbocycles. The SMILES string of the molecule is CC1CN(N)c2ccccc2-c2cc(F)ccc21. The Morgan fingerprint density at radius 2 is 1.94 bits per heavy atom. The lowest BCUT2D eigenvalue weighted by Gasteiger charge is -2.20. The van der Waals surface area contributed by atoms with Crippen molar-refractivity contribution in [3.8, 4) is 11.1 Å². The monoisotopic (exact) mass is 242 g/mol. The maximum Gasteiger partial charge on any atom is 0.123 e. The predicted molar refractivity (Wildman–Crippen MR) is 71.8 cm³/mol. The van der Waals surface area contributed by atoms with Crippen LogP contribution in [0.15, 0.2) is 42.5 Å². The topological polar surface area (TPSA) is 29.3 Å². The van der Waals surface area contributed by atoms with Crippen molar-refractivity contribution < 1.29 is 4.39 Å². The zero-order chi connectivity index (χ0) is 12.7. The number of benzene rings is 2. The van der Waals surface area contributed by atoms with Crippen LogP contribution >= 0.6 is 0 Å². The molecule has 0 fully saturated rings. The van der Waals surface area contributed by atoms with Gasteiger partial charge in [-0.2, -0.15) is 0 Å². The molecule has 2 N–H and O–H groups in total. The van der Waals surface area contributed by atoms with Crippen molar-refractivity contribution in [2.75, 3.05) is 11.6 Å². The Labute approximate surface area is 106 Å². The fourth-order valence-electron chi connectivity index (χ4n) is 2.64. The summed E-state index contributed by atoms with van der Waals surface area (Å²) < 4.78 is 13.5. The number of hydrogen-bond acceptors (Lipinski definition) is 2. The zero-order valence-electron chi connectivity index (χ0n) is 10.2. The van der Waals surface area contributed by atoms with Crippen LogP contribution < -0.4 is 10.9 Å². The quantitative estimate of drug-likeness (QED) is 0.718. The molecule has 2 nitrogen and oxygen atoms in total. The molecule has 1 aliphatic rings.